The molecule has 2 heterocycles. The van der Waals surface area contributed by atoms with E-state index in [1.54, 1.807) is 32.2 Å². The molecule has 0 saturated carbocycles. The normalized spacial score (nSPS) is 11.8. The monoisotopic (exact) mass is 484 g/mol. The molecule has 0 spiro atoms. The Morgan fingerprint density at radius 2 is 1.88 bits per heavy atom. The van der Waals surface area contributed by atoms with Crippen LogP contribution < -0.4 is 9.64 Å². The van der Waals surface area contributed by atoms with Crippen molar-refractivity contribution in [1.29, 1.82) is 0 Å². The molecule has 7 nitrogen and oxygen atoms in total. The number of sulfone groups is 1. The zero-order chi connectivity index (χ0) is 23.6. The molecular formula is C24H24N2O5S2. The van der Waals surface area contributed by atoms with E-state index in [9.17, 15) is 13.2 Å². The minimum Gasteiger partial charge on any atom is -0.492 e. The van der Waals surface area contributed by atoms with Gasteiger partial charge in [0.05, 0.1) is 34.3 Å². The van der Waals surface area contributed by atoms with Crippen LogP contribution >= 0.6 is 11.3 Å². The van der Waals surface area contributed by atoms with Crippen LogP contribution in [0.15, 0.2) is 70.2 Å². The molecule has 0 N–H and O–H groups in total. The number of hydrogen-bond donors (Lipinski definition) is 0. The smallest absolute Gasteiger partial charge is 0.260 e. The largest absolute Gasteiger partial charge is 0.492 e. The number of aromatic nitrogens is 1. The summed E-state index contributed by atoms with van der Waals surface area (Å²) in [6.07, 6.45) is 1.55. The van der Waals surface area contributed by atoms with Crippen molar-refractivity contribution < 1.29 is 22.4 Å². The number of furan rings is 1. The van der Waals surface area contributed by atoms with E-state index in [1.807, 2.05) is 25.1 Å². The summed E-state index contributed by atoms with van der Waals surface area (Å²) >= 11 is 1.38. The molecule has 2 aromatic carbocycles. The second-order valence-electron chi connectivity index (χ2n) is 7.62. The van der Waals surface area contributed by atoms with Gasteiger partial charge in [-0.1, -0.05) is 17.4 Å². The van der Waals surface area contributed by atoms with Crippen LogP contribution in [-0.4, -0.2) is 31.2 Å². The lowest BCUT2D eigenvalue weighted by molar-refractivity contribution is 0.0983. The Morgan fingerprint density at radius 3 is 2.52 bits per heavy atom. The maximum atomic E-state index is 13.5. The van der Waals surface area contributed by atoms with E-state index in [0.29, 0.717) is 34.3 Å². The van der Waals surface area contributed by atoms with Crippen molar-refractivity contribution >= 4 is 42.4 Å². The van der Waals surface area contributed by atoms with E-state index in [-0.39, 0.29) is 17.3 Å². The molecule has 0 aliphatic carbocycles. The lowest BCUT2D eigenvalue weighted by atomic mass is 10.2. The third-order valence-corrected chi connectivity index (χ3v) is 8.31. The second-order valence-corrected chi connectivity index (χ2v) is 11.1. The highest BCUT2D eigenvalue weighted by molar-refractivity contribution is 7.92. The van der Waals surface area contributed by atoms with Crippen molar-refractivity contribution in [3.8, 4) is 5.75 Å². The summed E-state index contributed by atoms with van der Waals surface area (Å²) in [6, 6.07) is 15.2. The molecule has 4 rings (SSSR count). The standard InChI is InChI=1S/C24H24N2O5S2/c1-4-30-20-8-5-9-21-22(20)25-24(32-21)26(15-18-7-6-14-31-18)23(27)17-10-12-19(13-11-17)33(28,29)16(2)3/h5-14,16H,4,15H2,1-3H3. The first kappa shape index (κ1) is 23.0. The molecule has 0 unspecified atom stereocenters. The summed E-state index contributed by atoms with van der Waals surface area (Å²) in [7, 11) is -3.42. The molecule has 1 amide bonds. The lowest BCUT2D eigenvalue weighted by Gasteiger charge is -2.19. The number of hydrogen-bond acceptors (Lipinski definition) is 7. The average Bonchev–Trinajstić information content (AvgIpc) is 3.47. The number of carbonyl (C=O) groups is 1. The fourth-order valence-electron chi connectivity index (χ4n) is 3.30. The van der Waals surface area contributed by atoms with E-state index in [2.05, 4.69) is 0 Å². The van der Waals surface area contributed by atoms with Crippen LogP contribution in [-0.2, 0) is 16.4 Å². The highest BCUT2D eigenvalue weighted by Crippen LogP contribution is 2.35. The molecule has 0 bridgehead atoms. The van der Waals surface area contributed by atoms with Gasteiger partial charge in [0, 0.05) is 5.56 Å². The third-order valence-electron chi connectivity index (χ3n) is 5.09. The van der Waals surface area contributed by atoms with Gasteiger partial charge < -0.3 is 9.15 Å². The zero-order valence-electron chi connectivity index (χ0n) is 18.5. The number of carbonyl (C=O) groups excluding carboxylic acids is 1. The molecule has 0 saturated heterocycles. The SMILES string of the molecule is CCOc1cccc2sc(N(Cc3ccco3)C(=O)c3ccc(S(=O)(=O)C(C)C)cc3)nc12. The summed E-state index contributed by atoms with van der Waals surface area (Å²) in [5.74, 6) is 0.953. The first-order chi connectivity index (χ1) is 15.8. The van der Waals surface area contributed by atoms with Crippen LogP contribution in [0, 0.1) is 0 Å². The fraction of sp³-hybridized carbons (Fsp3) is 0.250. The van der Waals surface area contributed by atoms with Gasteiger partial charge in [0.1, 0.15) is 17.0 Å². The van der Waals surface area contributed by atoms with Crippen molar-refractivity contribution in [2.75, 3.05) is 11.5 Å². The number of para-hydroxylation sites is 1. The van der Waals surface area contributed by atoms with E-state index in [4.69, 9.17) is 14.1 Å². The van der Waals surface area contributed by atoms with Gasteiger partial charge in [-0.05, 0) is 69.3 Å². The Hall–Kier alpha value is -3.17. The summed E-state index contributed by atoms with van der Waals surface area (Å²) in [5.41, 5.74) is 1.04. The minimum absolute atomic E-state index is 0.182. The van der Waals surface area contributed by atoms with E-state index in [0.717, 1.165) is 4.70 Å². The molecule has 9 heteroatoms. The molecule has 4 aromatic rings. The third kappa shape index (κ3) is 4.65. The number of nitrogens with zero attached hydrogens (tertiary/aromatic N) is 2. The minimum atomic E-state index is -3.42. The number of thiazole rings is 1. The Labute approximate surface area is 196 Å². The summed E-state index contributed by atoms with van der Waals surface area (Å²) in [5, 5.41) is -0.0470. The fourth-order valence-corrected chi connectivity index (χ4v) is 5.34. The lowest BCUT2D eigenvalue weighted by Crippen LogP contribution is -2.30. The number of anilines is 1. The van der Waals surface area contributed by atoms with E-state index >= 15 is 0 Å². The maximum Gasteiger partial charge on any atom is 0.260 e. The van der Waals surface area contributed by atoms with Gasteiger partial charge in [-0.25, -0.2) is 13.4 Å². The van der Waals surface area contributed by atoms with Gasteiger partial charge in [-0.15, -0.1) is 0 Å². The molecule has 0 aliphatic rings. The molecule has 172 valence electrons. The quantitative estimate of drug-likeness (QED) is 0.336. The van der Waals surface area contributed by atoms with E-state index < -0.39 is 15.1 Å². The van der Waals surface area contributed by atoms with Crippen molar-refractivity contribution in [3.05, 3.63) is 72.2 Å². The number of ether oxygens (including phenoxy) is 1. The van der Waals surface area contributed by atoms with Crippen LogP contribution in [0.5, 0.6) is 5.75 Å². The van der Waals surface area contributed by atoms with Gasteiger partial charge >= 0.3 is 0 Å². The molecule has 0 aliphatic heterocycles. The van der Waals surface area contributed by atoms with Gasteiger partial charge in [0.15, 0.2) is 15.0 Å². The van der Waals surface area contributed by atoms with Gasteiger partial charge in [0.25, 0.3) is 5.91 Å². The van der Waals surface area contributed by atoms with Crippen LogP contribution in [0.25, 0.3) is 10.2 Å². The number of amides is 1. The highest BCUT2D eigenvalue weighted by atomic mass is 32.2. The highest BCUT2D eigenvalue weighted by Gasteiger charge is 2.25. The van der Waals surface area contributed by atoms with Crippen molar-refractivity contribution in [3.63, 3.8) is 0 Å². The van der Waals surface area contributed by atoms with Gasteiger partial charge in [-0.3, -0.25) is 9.69 Å². The number of benzene rings is 2. The van der Waals surface area contributed by atoms with E-state index in [1.165, 1.54) is 40.5 Å². The predicted octanol–water partition coefficient (Wildman–Crippen LogP) is 5.32. The van der Waals surface area contributed by atoms with Crippen molar-refractivity contribution in [1.82, 2.24) is 4.98 Å². The molecule has 0 radical (unpaired) electrons. The van der Waals surface area contributed by atoms with Crippen LogP contribution in [0.4, 0.5) is 5.13 Å². The second kappa shape index (κ2) is 9.36. The molecular weight excluding hydrogens is 460 g/mol. The van der Waals surface area contributed by atoms with Crippen LogP contribution in [0.3, 0.4) is 0 Å². The Morgan fingerprint density at radius 1 is 1.12 bits per heavy atom. The maximum absolute atomic E-state index is 13.5. The predicted molar refractivity (Wildman–Crippen MR) is 129 cm³/mol. The Kier molecular flexibility index (Phi) is 6.53. The summed E-state index contributed by atoms with van der Waals surface area (Å²) in [4.78, 5) is 19.9. The Bertz CT molecular complexity index is 1360. The molecule has 0 atom stereocenters. The molecule has 0 fully saturated rings. The molecule has 2 aromatic heterocycles. The number of fused-ring (bicyclic) bond motifs is 1. The van der Waals surface area contributed by atoms with Gasteiger partial charge in [-0.2, -0.15) is 0 Å². The summed E-state index contributed by atoms with van der Waals surface area (Å²) < 4.78 is 36.9. The average molecular weight is 485 g/mol. The number of rotatable bonds is 8. The van der Waals surface area contributed by atoms with Crippen molar-refractivity contribution in [2.45, 2.75) is 37.5 Å². The zero-order valence-corrected chi connectivity index (χ0v) is 20.2. The first-order valence-corrected chi connectivity index (χ1v) is 12.9. The molecule has 33 heavy (non-hydrogen) atoms. The topological polar surface area (TPSA) is 89.7 Å². The van der Waals surface area contributed by atoms with Crippen molar-refractivity contribution in [2.24, 2.45) is 0 Å². The van der Waals surface area contributed by atoms with Crippen LogP contribution in [0.1, 0.15) is 36.9 Å². The van der Waals surface area contributed by atoms with Gasteiger partial charge in [0.2, 0.25) is 0 Å². The Balaban J connectivity index is 1.73. The van der Waals surface area contributed by atoms with Crippen LogP contribution in [0.2, 0.25) is 0 Å². The summed E-state index contributed by atoms with van der Waals surface area (Å²) in [6.45, 7) is 5.85. The first-order valence-electron chi connectivity index (χ1n) is 10.5.